The molecule has 0 atom stereocenters. The third-order valence-corrected chi connectivity index (χ3v) is 7.34. The number of methoxy groups -OCH3 is 1. The van der Waals surface area contributed by atoms with Gasteiger partial charge >= 0.3 is 0 Å². The third-order valence-electron chi connectivity index (χ3n) is 3.83. The monoisotopic (exact) mass is 332 g/mol. The van der Waals surface area contributed by atoms with E-state index in [-0.39, 0.29) is 0 Å². The van der Waals surface area contributed by atoms with Gasteiger partial charge in [-0.25, -0.2) is 8.42 Å². The average Bonchev–Trinajstić information content (AvgIpc) is 2.96. The van der Waals surface area contributed by atoms with Gasteiger partial charge in [-0.1, -0.05) is 0 Å². The molecule has 7 heteroatoms. The number of nitrogens with zero attached hydrogens (tertiary/aromatic N) is 1. The summed E-state index contributed by atoms with van der Waals surface area (Å²) in [5, 5.41) is 3.08. The molecule has 0 unspecified atom stereocenters. The molecule has 1 aromatic rings. The normalized spacial score (nSPS) is 18.2. The van der Waals surface area contributed by atoms with Crippen molar-refractivity contribution in [3.05, 3.63) is 17.0 Å². The fourth-order valence-corrected chi connectivity index (χ4v) is 5.54. The summed E-state index contributed by atoms with van der Waals surface area (Å²) in [6, 6.07) is 3.67. The molecule has 0 aromatic carbocycles. The quantitative estimate of drug-likeness (QED) is 0.823. The fraction of sp³-hybridized carbons (Fsp3) is 0.714. The minimum atomic E-state index is -3.31. The molecule has 0 amide bonds. The first-order valence-electron chi connectivity index (χ1n) is 7.30. The number of rotatable bonds is 7. The number of likely N-dealkylation sites (N-methyl/N-ethyl adjacent to an activating group) is 1. The molecule has 1 saturated heterocycles. The highest BCUT2D eigenvalue weighted by atomic mass is 32.2. The number of sulfonamides is 1. The van der Waals surface area contributed by atoms with Crippen molar-refractivity contribution in [1.82, 2.24) is 9.62 Å². The van der Waals surface area contributed by atoms with Crippen LogP contribution in [0.25, 0.3) is 0 Å². The van der Waals surface area contributed by atoms with Gasteiger partial charge < -0.3 is 10.1 Å². The fourth-order valence-electron chi connectivity index (χ4n) is 2.56. The molecule has 1 aromatic heterocycles. The zero-order valence-electron chi connectivity index (χ0n) is 12.7. The average molecular weight is 332 g/mol. The van der Waals surface area contributed by atoms with E-state index in [0.717, 1.165) is 37.3 Å². The summed E-state index contributed by atoms with van der Waals surface area (Å²) in [6.45, 7) is 2.78. The molecule has 0 radical (unpaired) electrons. The Kier molecular flexibility index (Phi) is 6.19. The van der Waals surface area contributed by atoms with Crippen LogP contribution < -0.4 is 5.32 Å². The van der Waals surface area contributed by atoms with Crippen molar-refractivity contribution < 1.29 is 13.2 Å². The lowest BCUT2D eigenvalue weighted by atomic mass is 9.99. The molecule has 2 heterocycles. The van der Waals surface area contributed by atoms with E-state index >= 15 is 0 Å². The summed E-state index contributed by atoms with van der Waals surface area (Å²) in [6.07, 6.45) is 2.63. The van der Waals surface area contributed by atoms with Crippen molar-refractivity contribution >= 4 is 21.4 Å². The lowest BCUT2D eigenvalue weighted by molar-refractivity contribution is 0.121. The molecule has 120 valence electrons. The van der Waals surface area contributed by atoms with Gasteiger partial charge in [0.05, 0.1) is 0 Å². The van der Waals surface area contributed by atoms with Gasteiger partial charge in [-0.2, -0.15) is 4.31 Å². The molecule has 5 nitrogen and oxygen atoms in total. The maximum Gasteiger partial charge on any atom is 0.252 e. The minimum absolute atomic E-state index is 0.471. The molecule has 0 bridgehead atoms. The Morgan fingerprint density at radius 2 is 2.10 bits per heavy atom. The summed E-state index contributed by atoms with van der Waals surface area (Å²) >= 11 is 1.39. The van der Waals surface area contributed by atoms with Crippen LogP contribution in [0.2, 0.25) is 0 Å². The topological polar surface area (TPSA) is 58.6 Å². The lowest BCUT2D eigenvalue weighted by Gasteiger charge is -2.30. The highest BCUT2D eigenvalue weighted by Crippen LogP contribution is 2.28. The van der Waals surface area contributed by atoms with Crippen LogP contribution in [0, 0.1) is 5.92 Å². The predicted octanol–water partition coefficient (Wildman–Crippen LogP) is 1.56. The van der Waals surface area contributed by atoms with Crippen LogP contribution in [-0.2, 0) is 21.2 Å². The van der Waals surface area contributed by atoms with Crippen molar-refractivity contribution in [1.29, 1.82) is 0 Å². The molecule has 1 fully saturated rings. The highest BCUT2D eigenvalue weighted by molar-refractivity contribution is 7.91. The van der Waals surface area contributed by atoms with E-state index in [1.165, 1.54) is 11.3 Å². The smallest absolute Gasteiger partial charge is 0.252 e. The number of thiophene rings is 1. The zero-order valence-corrected chi connectivity index (χ0v) is 14.3. The number of hydrogen-bond donors (Lipinski definition) is 1. The van der Waals surface area contributed by atoms with Gasteiger partial charge in [0.25, 0.3) is 10.0 Å². The Morgan fingerprint density at radius 1 is 1.38 bits per heavy atom. The molecule has 1 N–H and O–H groups in total. The summed E-state index contributed by atoms with van der Waals surface area (Å²) in [5.41, 5.74) is 0. The van der Waals surface area contributed by atoms with E-state index in [9.17, 15) is 8.42 Å². The number of ether oxygens (including phenoxy) is 1. The van der Waals surface area contributed by atoms with E-state index < -0.39 is 10.0 Å². The molecular weight excluding hydrogens is 308 g/mol. The first-order chi connectivity index (χ1) is 10.1. The van der Waals surface area contributed by atoms with Crippen LogP contribution in [0.3, 0.4) is 0 Å². The van der Waals surface area contributed by atoms with Crippen LogP contribution >= 0.6 is 11.3 Å². The van der Waals surface area contributed by atoms with E-state index in [2.05, 4.69) is 5.32 Å². The zero-order chi connectivity index (χ0) is 15.3. The SMILES string of the molecule is CNCCc1ccc(S(=O)(=O)N2CCC(COC)CC2)s1. The van der Waals surface area contributed by atoms with Crippen molar-refractivity contribution in [3.8, 4) is 0 Å². The Labute approximate surface area is 131 Å². The highest BCUT2D eigenvalue weighted by Gasteiger charge is 2.30. The van der Waals surface area contributed by atoms with E-state index in [0.29, 0.717) is 23.2 Å². The first-order valence-corrected chi connectivity index (χ1v) is 9.56. The van der Waals surface area contributed by atoms with Gasteiger partial charge in [-0.3, -0.25) is 0 Å². The van der Waals surface area contributed by atoms with Gasteiger partial charge in [0, 0.05) is 31.7 Å². The van der Waals surface area contributed by atoms with Crippen LogP contribution in [0.5, 0.6) is 0 Å². The van der Waals surface area contributed by atoms with Crippen LogP contribution in [0.15, 0.2) is 16.3 Å². The Bertz CT molecular complexity index is 534. The van der Waals surface area contributed by atoms with Gasteiger partial charge in [-0.15, -0.1) is 11.3 Å². The minimum Gasteiger partial charge on any atom is -0.384 e. The van der Waals surface area contributed by atoms with E-state index in [1.807, 2.05) is 13.1 Å². The molecule has 0 aliphatic carbocycles. The van der Waals surface area contributed by atoms with Gasteiger partial charge in [0.2, 0.25) is 0 Å². The lowest BCUT2D eigenvalue weighted by Crippen LogP contribution is -2.39. The third kappa shape index (κ3) is 4.26. The summed E-state index contributed by atoms with van der Waals surface area (Å²) in [5.74, 6) is 0.482. The number of hydrogen-bond acceptors (Lipinski definition) is 5. The van der Waals surface area contributed by atoms with Crippen molar-refractivity contribution in [2.24, 2.45) is 5.92 Å². The molecule has 1 aliphatic rings. The number of nitrogens with one attached hydrogen (secondary N) is 1. The van der Waals surface area contributed by atoms with Crippen LogP contribution in [-0.4, -0.2) is 53.1 Å². The molecule has 0 spiro atoms. The Morgan fingerprint density at radius 3 is 2.71 bits per heavy atom. The molecule has 2 rings (SSSR count). The maximum atomic E-state index is 12.6. The second kappa shape index (κ2) is 7.69. The summed E-state index contributed by atoms with van der Waals surface area (Å²) < 4.78 is 32.5. The Hall–Kier alpha value is -0.470. The molecule has 0 saturated carbocycles. The maximum absolute atomic E-state index is 12.6. The molecule has 1 aliphatic heterocycles. The Balaban J connectivity index is 2.00. The van der Waals surface area contributed by atoms with Crippen LogP contribution in [0.1, 0.15) is 17.7 Å². The van der Waals surface area contributed by atoms with Gasteiger partial charge in [-0.05, 0) is 50.9 Å². The number of piperidine rings is 1. The molecule has 21 heavy (non-hydrogen) atoms. The van der Waals surface area contributed by atoms with Crippen molar-refractivity contribution in [2.75, 3.05) is 40.4 Å². The first kappa shape index (κ1) is 16.9. The standard InChI is InChI=1S/C14H24N2O3S2/c1-15-8-5-13-3-4-14(20-13)21(17,18)16-9-6-12(7-10-16)11-19-2/h3-4,12,15H,5-11H2,1-2H3. The van der Waals surface area contributed by atoms with Gasteiger partial charge in [0.15, 0.2) is 0 Å². The summed E-state index contributed by atoms with van der Waals surface area (Å²) in [4.78, 5) is 1.11. The van der Waals surface area contributed by atoms with E-state index in [4.69, 9.17) is 4.74 Å². The van der Waals surface area contributed by atoms with Crippen molar-refractivity contribution in [2.45, 2.75) is 23.5 Å². The molecular formula is C14H24N2O3S2. The van der Waals surface area contributed by atoms with Gasteiger partial charge in [0.1, 0.15) is 4.21 Å². The van der Waals surface area contributed by atoms with E-state index in [1.54, 1.807) is 17.5 Å². The summed E-state index contributed by atoms with van der Waals surface area (Å²) in [7, 11) is 0.280. The predicted molar refractivity (Wildman–Crippen MR) is 85.3 cm³/mol. The van der Waals surface area contributed by atoms with Crippen molar-refractivity contribution in [3.63, 3.8) is 0 Å². The second-order valence-electron chi connectivity index (χ2n) is 5.38. The largest absolute Gasteiger partial charge is 0.384 e. The second-order valence-corrected chi connectivity index (χ2v) is 8.71. The van der Waals surface area contributed by atoms with Crippen LogP contribution in [0.4, 0.5) is 0 Å².